The molecule has 0 saturated carbocycles. The maximum atomic E-state index is 11.2. The van der Waals surface area contributed by atoms with Gasteiger partial charge in [-0.25, -0.2) is 13.6 Å². The Bertz CT molecular complexity index is 750. The van der Waals surface area contributed by atoms with Crippen LogP contribution in [0.1, 0.15) is 10.4 Å². The van der Waals surface area contributed by atoms with Crippen molar-refractivity contribution < 1.29 is 13.2 Å². The summed E-state index contributed by atoms with van der Waals surface area (Å²) >= 11 is 0. The lowest BCUT2D eigenvalue weighted by atomic mass is 10.2. The molecule has 0 aliphatic rings. The van der Waals surface area contributed by atoms with Gasteiger partial charge in [-0.05, 0) is 24.3 Å². The number of sulfonamides is 1. The smallest absolute Gasteiger partial charge is 0.256 e. The standard InChI is InChI=1S/C10H12N6O3S/c11-8-7(9(12)17)10(16-15-8)14-5-1-3-6(4-2-5)20(13,18)19/h1-4H,(H2,12,17)(H2,13,18,19)(H4,11,14,15,16). The fourth-order valence-corrected chi connectivity index (χ4v) is 2.08. The normalized spacial score (nSPS) is 11.2. The summed E-state index contributed by atoms with van der Waals surface area (Å²) in [5.74, 6) is -0.542. The summed E-state index contributed by atoms with van der Waals surface area (Å²) in [5, 5.41) is 14.0. The minimum absolute atomic E-state index is 0.0280. The Hall–Kier alpha value is -2.59. The molecule has 0 saturated heterocycles. The van der Waals surface area contributed by atoms with E-state index in [1.807, 2.05) is 0 Å². The number of nitrogens with one attached hydrogen (secondary N) is 2. The van der Waals surface area contributed by atoms with E-state index in [1.165, 1.54) is 24.3 Å². The van der Waals surface area contributed by atoms with Crippen LogP contribution in [0.4, 0.5) is 17.3 Å². The van der Waals surface area contributed by atoms with E-state index in [1.54, 1.807) is 0 Å². The highest BCUT2D eigenvalue weighted by Gasteiger charge is 2.16. The SMILES string of the molecule is NC(=O)c1c(Nc2ccc(S(N)(=O)=O)cc2)n[nH]c1N. The first-order valence-corrected chi connectivity index (χ1v) is 6.87. The Balaban J connectivity index is 2.30. The Kier molecular flexibility index (Phi) is 3.34. The second kappa shape index (κ2) is 4.83. The quantitative estimate of drug-likeness (QED) is 0.508. The van der Waals surface area contributed by atoms with Crippen molar-refractivity contribution >= 4 is 33.3 Å². The number of anilines is 3. The van der Waals surface area contributed by atoms with Crippen LogP contribution >= 0.6 is 0 Å². The maximum Gasteiger partial charge on any atom is 0.256 e. The van der Waals surface area contributed by atoms with E-state index < -0.39 is 15.9 Å². The van der Waals surface area contributed by atoms with Crippen molar-refractivity contribution in [1.82, 2.24) is 10.2 Å². The number of primary sulfonamides is 1. The first-order chi connectivity index (χ1) is 9.29. The number of primary amides is 1. The van der Waals surface area contributed by atoms with Crippen LogP contribution in [0.2, 0.25) is 0 Å². The summed E-state index contributed by atoms with van der Waals surface area (Å²) in [6.07, 6.45) is 0. The molecule has 1 amide bonds. The highest BCUT2D eigenvalue weighted by atomic mass is 32.2. The average molecular weight is 296 g/mol. The molecule has 1 aromatic carbocycles. The third-order valence-electron chi connectivity index (χ3n) is 2.49. The van der Waals surface area contributed by atoms with Crippen molar-refractivity contribution in [1.29, 1.82) is 0 Å². The minimum Gasteiger partial charge on any atom is -0.383 e. The van der Waals surface area contributed by atoms with Crippen molar-refractivity contribution in [3.8, 4) is 0 Å². The van der Waals surface area contributed by atoms with Gasteiger partial charge in [0.15, 0.2) is 5.82 Å². The lowest BCUT2D eigenvalue weighted by Crippen LogP contribution is -2.14. The summed E-state index contributed by atoms with van der Waals surface area (Å²) in [6.45, 7) is 0. The Morgan fingerprint density at radius 3 is 2.35 bits per heavy atom. The molecule has 0 aliphatic heterocycles. The molecule has 0 aliphatic carbocycles. The first kappa shape index (κ1) is 13.8. The highest BCUT2D eigenvalue weighted by Crippen LogP contribution is 2.22. The second-order valence-corrected chi connectivity index (χ2v) is 5.48. The summed E-state index contributed by atoms with van der Waals surface area (Å²) < 4.78 is 22.2. The minimum atomic E-state index is -3.75. The zero-order chi connectivity index (χ0) is 14.9. The topological polar surface area (TPSA) is 170 Å². The van der Waals surface area contributed by atoms with Gasteiger partial charge in [0.1, 0.15) is 11.4 Å². The van der Waals surface area contributed by atoms with E-state index in [-0.39, 0.29) is 22.1 Å². The molecular weight excluding hydrogens is 284 g/mol. The van der Waals surface area contributed by atoms with Gasteiger partial charge >= 0.3 is 0 Å². The molecule has 0 fully saturated rings. The number of hydrogen-bond acceptors (Lipinski definition) is 6. The summed E-state index contributed by atoms with van der Waals surface area (Å²) in [5.41, 5.74) is 11.2. The van der Waals surface area contributed by atoms with Gasteiger partial charge in [-0.2, -0.15) is 5.10 Å². The van der Waals surface area contributed by atoms with E-state index in [2.05, 4.69) is 15.5 Å². The molecule has 0 atom stereocenters. The number of H-pyrrole nitrogens is 1. The molecule has 2 rings (SSSR count). The van der Waals surface area contributed by atoms with E-state index >= 15 is 0 Å². The van der Waals surface area contributed by atoms with Crippen LogP contribution in [-0.2, 0) is 10.0 Å². The van der Waals surface area contributed by atoms with Crippen LogP contribution in [0, 0.1) is 0 Å². The van der Waals surface area contributed by atoms with Crippen molar-refractivity contribution in [2.75, 3.05) is 11.1 Å². The third kappa shape index (κ3) is 2.70. The van der Waals surface area contributed by atoms with E-state index in [0.29, 0.717) is 5.69 Å². The van der Waals surface area contributed by atoms with Crippen LogP contribution in [0.5, 0.6) is 0 Å². The number of nitrogen functional groups attached to an aromatic ring is 1. The fourth-order valence-electron chi connectivity index (χ4n) is 1.56. The van der Waals surface area contributed by atoms with Gasteiger partial charge in [0, 0.05) is 5.69 Å². The number of rotatable bonds is 4. The second-order valence-electron chi connectivity index (χ2n) is 3.92. The molecule has 0 unspecified atom stereocenters. The molecule has 20 heavy (non-hydrogen) atoms. The zero-order valence-electron chi connectivity index (χ0n) is 10.1. The molecule has 8 N–H and O–H groups in total. The number of carbonyl (C=O) groups is 1. The van der Waals surface area contributed by atoms with Crippen molar-refractivity contribution in [3.05, 3.63) is 29.8 Å². The number of carbonyl (C=O) groups excluding carboxylic acids is 1. The van der Waals surface area contributed by atoms with Crippen LogP contribution < -0.4 is 21.9 Å². The van der Waals surface area contributed by atoms with Crippen molar-refractivity contribution in [3.63, 3.8) is 0 Å². The summed E-state index contributed by atoms with van der Waals surface area (Å²) in [4.78, 5) is 11.2. The molecule has 0 bridgehead atoms. The van der Waals surface area contributed by atoms with Crippen LogP contribution in [0.25, 0.3) is 0 Å². The number of nitrogens with zero attached hydrogens (tertiary/aromatic N) is 1. The highest BCUT2D eigenvalue weighted by molar-refractivity contribution is 7.89. The lowest BCUT2D eigenvalue weighted by molar-refractivity contribution is 0.100. The fraction of sp³-hybridized carbons (Fsp3) is 0. The summed E-state index contributed by atoms with van der Waals surface area (Å²) in [6, 6.07) is 5.57. The largest absolute Gasteiger partial charge is 0.383 e. The molecule has 106 valence electrons. The monoisotopic (exact) mass is 296 g/mol. The third-order valence-corrected chi connectivity index (χ3v) is 3.42. The molecule has 1 heterocycles. The number of amides is 1. The number of hydrogen-bond donors (Lipinski definition) is 5. The molecule has 0 spiro atoms. The van der Waals surface area contributed by atoms with Crippen LogP contribution in [-0.4, -0.2) is 24.5 Å². The first-order valence-electron chi connectivity index (χ1n) is 5.32. The van der Waals surface area contributed by atoms with Crippen molar-refractivity contribution in [2.24, 2.45) is 10.9 Å². The van der Waals surface area contributed by atoms with Gasteiger partial charge in [-0.15, -0.1) is 0 Å². The van der Waals surface area contributed by atoms with Gasteiger partial charge < -0.3 is 16.8 Å². The molecule has 1 aromatic heterocycles. The van der Waals surface area contributed by atoms with Crippen LogP contribution in [0.15, 0.2) is 29.2 Å². The lowest BCUT2D eigenvalue weighted by Gasteiger charge is -2.05. The van der Waals surface area contributed by atoms with Gasteiger partial charge in [0.2, 0.25) is 10.0 Å². The van der Waals surface area contributed by atoms with E-state index in [4.69, 9.17) is 16.6 Å². The zero-order valence-corrected chi connectivity index (χ0v) is 10.9. The Labute approximate surface area is 114 Å². The van der Waals surface area contributed by atoms with Gasteiger partial charge in [0.05, 0.1) is 4.90 Å². The number of aromatic amines is 1. The number of benzene rings is 1. The molecule has 0 radical (unpaired) electrons. The molecule has 2 aromatic rings. The Morgan fingerprint density at radius 2 is 1.85 bits per heavy atom. The van der Waals surface area contributed by atoms with Crippen molar-refractivity contribution in [2.45, 2.75) is 4.90 Å². The van der Waals surface area contributed by atoms with E-state index in [9.17, 15) is 13.2 Å². The molecular formula is C10H12N6O3S. The predicted octanol–water partition coefficient (Wildman–Crippen LogP) is -0.518. The van der Waals surface area contributed by atoms with Gasteiger partial charge in [0.25, 0.3) is 5.91 Å². The Morgan fingerprint density at radius 1 is 1.25 bits per heavy atom. The van der Waals surface area contributed by atoms with Crippen LogP contribution in [0.3, 0.4) is 0 Å². The van der Waals surface area contributed by atoms with Gasteiger partial charge in [-0.3, -0.25) is 9.89 Å². The average Bonchev–Trinajstić information content (AvgIpc) is 2.70. The number of aromatic nitrogens is 2. The molecule has 9 nitrogen and oxygen atoms in total. The maximum absolute atomic E-state index is 11.2. The van der Waals surface area contributed by atoms with Gasteiger partial charge in [-0.1, -0.05) is 0 Å². The van der Waals surface area contributed by atoms with E-state index in [0.717, 1.165) is 0 Å². The predicted molar refractivity (Wildman–Crippen MR) is 72.6 cm³/mol. The summed E-state index contributed by atoms with van der Waals surface area (Å²) in [7, 11) is -3.75. The molecule has 10 heteroatoms. The number of nitrogens with two attached hydrogens (primary N) is 3.